The van der Waals surface area contributed by atoms with Gasteiger partial charge >= 0.3 is 6.01 Å². The number of hydrogen-bond acceptors (Lipinski definition) is 9. The van der Waals surface area contributed by atoms with Crippen molar-refractivity contribution in [3.05, 3.63) is 60.2 Å². The fraction of sp³-hybridized carbons (Fsp3) is 0.280. The molecule has 3 N–H and O–H groups in total. The number of methoxy groups -OCH3 is 2. The van der Waals surface area contributed by atoms with E-state index in [0.717, 1.165) is 5.56 Å². The van der Waals surface area contributed by atoms with E-state index in [-0.39, 0.29) is 39.7 Å². The molecule has 0 aliphatic heterocycles. The number of aromatic nitrogens is 2. The number of thiocarbonyl (C=S) groups is 1. The summed E-state index contributed by atoms with van der Waals surface area (Å²) >= 11 is 5.17. The molecule has 2 aromatic carbocycles. The van der Waals surface area contributed by atoms with Crippen molar-refractivity contribution in [2.45, 2.75) is 31.1 Å². The molecule has 0 atom stereocenters. The summed E-state index contributed by atoms with van der Waals surface area (Å²) in [4.78, 5) is 20.1. The van der Waals surface area contributed by atoms with Crippen molar-refractivity contribution >= 4 is 44.8 Å². The summed E-state index contributed by atoms with van der Waals surface area (Å²) in [5.74, 6) is 0.235. The summed E-state index contributed by atoms with van der Waals surface area (Å²) in [7, 11) is -1.23. The first-order valence-corrected chi connectivity index (χ1v) is 13.2. The van der Waals surface area contributed by atoms with E-state index < -0.39 is 15.9 Å². The van der Waals surface area contributed by atoms with Gasteiger partial charge in [-0.25, -0.2) is 8.42 Å². The first-order chi connectivity index (χ1) is 17.9. The van der Waals surface area contributed by atoms with E-state index in [9.17, 15) is 13.2 Å². The van der Waals surface area contributed by atoms with Crippen molar-refractivity contribution in [2.75, 3.05) is 30.9 Å². The lowest BCUT2D eigenvalue weighted by molar-refractivity contribution is -0.121. The second kappa shape index (κ2) is 12.0. The number of rotatable bonds is 9. The lowest BCUT2D eigenvalue weighted by Gasteiger charge is -2.19. The largest absolute Gasteiger partial charge is 0.484 e. The molecule has 0 fully saturated rings. The fourth-order valence-corrected chi connectivity index (χ4v) is 4.31. The molecular weight excluding hydrogens is 530 g/mol. The van der Waals surface area contributed by atoms with Gasteiger partial charge in [-0.2, -0.15) is 9.97 Å². The molecule has 0 saturated heterocycles. The zero-order chi connectivity index (χ0) is 27.9. The van der Waals surface area contributed by atoms with Crippen LogP contribution in [-0.4, -0.2) is 50.2 Å². The molecule has 38 heavy (non-hydrogen) atoms. The number of ether oxygens (including phenoxy) is 3. The molecule has 3 rings (SSSR count). The smallest absolute Gasteiger partial charge is 0.321 e. The third kappa shape index (κ3) is 8.02. The van der Waals surface area contributed by atoms with Crippen molar-refractivity contribution < 1.29 is 27.4 Å². The SMILES string of the molecule is COc1cc(NS(=O)(=O)c2ccc(NC(=S)NC(=O)COc3ccc(C(C)(C)C)cc3)cc2)nc(OC)n1. The second-order valence-corrected chi connectivity index (χ2v) is 11.1. The number of nitrogens with one attached hydrogen (secondary N) is 3. The van der Waals surface area contributed by atoms with E-state index >= 15 is 0 Å². The van der Waals surface area contributed by atoms with Crippen LogP contribution in [0.5, 0.6) is 17.6 Å². The molecule has 11 nitrogen and oxygen atoms in total. The van der Waals surface area contributed by atoms with Gasteiger partial charge in [0.1, 0.15) is 5.75 Å². The van der Waals surface area contributed by atoms with Crippen LogP contribution in [0.15, 0.2) is 59.5 Å². The molecule has 1 aromatic heterocycles. The Kier molecular flexibility index (Phi) is 9.07. The minimum atomic E-state index is -3.97. The van der Waals surface area contributed by atoms with Crippen molar-refractivity contribution in [3.8, 4) is 17.6 Å². The standard InChI is InChI=1S/C25H29N5O6S2/c1-25(2,3)16-6-10-18(11-7-16)36-15-21(31)28-24(37)26-17-8-12-19(13-9-17)38(32,33)30-20-14-22(34-4)29-23(27-20)35-5/h6-14H,15H2,1-5H3,(H,27,29,30)(H2,26,28,31,37). The van der Waals surface area contributed by atoms with E-state index in [1.165, 1.54) is 44.6 Å². The molecule has 0 aliphatic rings. The second-order valence-electron chi connectivity index (χ2n) is 8.98. The summed E-state index contributed by atoms with van der Waals surface area (Å²) in [6.07, 6.45) is 0. The normalized spacial score (nSPS) is 11.3. The highest BCUT2D eigenvalue weighted by molar-refractivity contribution is 7.92. The molecule has 1 heterocycles. The number of carbonyl (C=O) groups excluding carboxylic acids is 1. The van der Waals surface area contributed by atoms with Crippen LogP contribution in [-0.2, 0) is 20.2 Å². The van der Waals surface area contributed by atoms with Gasteiger partial charge in [0.25, 0.3) is 15.9 Å². The average molecular weight is 560 g/mol. The predicted molar refractivity (Wildman–Crippen MR) is 147 cm³/mol. The molecule has 0 aliphatic carbocycles. The zero-order valence-corrected chi connectivity index (χ0v) is 23.2. The van der Waals surface area contributed by atoms with E-state index in [1.54, 1.807) is 0 Å². The quantitative estimate of drug-likeness (QED) is 0.334. The number of anilines is 2. The molecule has 3 aromatic rings. The Labute approximate surface area is 227 Å². The Bertz CT molecular complexity index is 1370. The molecule has 0 unspecified atom stereocenters. The van der Waals surface area contributed by atoms with E-state index in [0.29, 0.717) is 11.4 Å². The molecule has 202 valence electrons. The van der Waals surface area contributed by atoms with Crippen LogP contribution in [0.2, 0.25) is 0 Å². The number of nitrogens with zero attached hydrogens (tertiary/aromatic N) is 2. The molecule has 1 amide bonds. The highest BCUT2D eigenvalue weighted by Gasteiger charge is 2.17. The van der Waals surface area contributed by atoms with Gasteiger partial charge in [-0.15, -0.1) is 0 Å². The van der Waals surface area contributed by atoms with Crippen molar-refractivity contribution in [3.63, 3.8) is 0 Å². The van der Waals surface area contributed by atoms with Gasteiger partial charge in [0, 0.05) is 11.8 Å². The maximum absolute atomic E-state index is 12.8. The van der Waals surface area contributed by atoms with Crippen LogP contribution in [0.1, 0.15) is 26.3 Å². The fourth-order valence-electron chi connectivity index (χ4n) is 3.09. The Balaban J connectivity index is 1.53. The monoisotopic (exact) mass is 559 g/mol. The first kappa shape index (κ1) is 28.6. The minimum Gasteiger partial charge on any atom is -0.484 e. The Morgan fingerprint density at radius 2 is 1.63 bits per heavy atom. The van der Waals surface area contributed by atoms with Crippen LogP contribution >= 0.6 is 12.2 Å². The molecule has 0 bridgehead atoms. The summed E-state index contributed by atoms with van der Waals surface area (Å²) in [5, 5.41) is 5.39. The molecule has 0 saturated carbocycles. The summed E-state index contributed by atoms with van der Waals surface area (Å²) in [6, 6.07) is 14.6. The van der Waals surface area contributed by atoms with Crippen LogP contribution in [0, 0.1) is 0 Å². The molecule has 0 radical (unpaired) electrons. The Hall–Kier alpha value is -3.97. The first-order valence-electron chi connectivity index (χ1n) is 11.3. The third-order valence-electron chi connectivity index (χ3n) is 5.08. The van der Waals surface area contributed by atoms with Crippen LogP contribution in [0.25, 0.3) is 0 Å². The molecular formula is C25H29N5O6S2. The van der Waals surface area contributed by atoms with Crippen LogP contribution < -0.4 is 29.6 Å². The van der Waals surface area contributed by atoms with Gasteiger partial charge in [0.05, 0.1) is 19.1 Å². The number of benzene rings is 2. The van der Waals surface area contributed by atoms with Gasteiger partial charge in [0.15, 0.2) is 17.5 Å². The summed E-state index contributed by atoms with van der Waals surface area (Å²) in [6.45, 7) is 6.12. The Morgan fingerprint density at radius 1 is 0.974 bits per heavy atom. The summed E-state index contributed by atoms with van der Waals surface area (Å²) < 4.78 is 43.4. The van der Waals surface area contributed by atoms with Gasteiger partial charge in [-0.1, -0.05) is 32.9 Å². The minimum absolute atomic E-state index is 0.0196. The zero-order valence-electron chi connectivity index (χ0n) is 21.6. The average Bonchev–Trinajstić information content (AvgIpc) is 2.87. The van der Waals surface area contributed by atoms with Gasteiger partial charge in [0.2, 0.25) is 5.88 Å². The number of amides is 1. The van der Waals surface area contributed by atoms with Gasteiger partial charge in [-0.3, -0.25) is 14.8 Å². The highest BCUT2D eigenvalue weighted by atomic mass is 32.2. The van der Waals surface area contributed by atoms with Crippen molar-refractivity contribution in [2.24, 2.45) is 0 Å². The van der Waals surface area contributed by atoms with Crippen LogP contribution in [0.3, 0.4) is 0 Å². The highest BCUT2D eigenvalue weighted by Crippen LogP contribution is 2.24. The Morgan fingerprint density at radius 3 is 2.21 bits per heavy atom. The predicted octanol–water partition coefficient (Wildman–Crippen LogP) is 3.48. The number of hydrogen-bond donors (Lipinski definition) is 3. The van der Waals surface area contributed by atoms with E-state index in [1.807, 2.05) is 24.3 Å². The number of carbonyl (C=O) groups is 1. The topological polar surface area (TPSA) is 141 Å². The number of sulfonamides is 1. The van der Waals surface area contributed by atoms with Gasteiger partial charge in [-0.05, 0) is 59.6 Å². The summed E-state index contributed by atoms with van der Waals surface area (Å²) in [5.41, 5.74) is 1.65. The molecule has 13 heteroatoms. The maximum Gasteiger partial charge on any atom is 0.321 e. The van der Waals surface area contributed by atoms with E-state index in [4.69, 9.17) is 26.4 Å². The van der Waals surface area contributed by atoms with Crippen molar-refractivity contribution in [1.82, 2.24) is 15.3 Å². The molecule has 0 spiro atoms. The van der Waals surface area contributed by atoms with E-state index in [2.05, 4.69) is 46.1 Å². The van der Waals surface area contributed by atoms with Crippen molar-refractivity contribution in [1.29, 1.82) is 0 Å². The van der Waals surface area contributed by atoms with Gasteiger partial charge < -0.3 is 19.5 Å². The third-order valence-corrected chi connectivity index (χ3v) is 6.65. The lowest BCUT2D eigenvalue weighted by atomic mass is 9.87. The maximum atomic E-state index is 12.8. The lowest BCUT2D eigenvalue weighted by Crippen LogP contribution is -2.37. The van der Waals surface area contributed by atoms with Crippen LogP contribution in [0.4, 0.5) is 11.5 Å².